The van der Waals surface area contributed by atoms with E-state index in [0.717, 1.165) is 41.7 Å². The summed E-state index contributed by atoms with van der Waals surface area (Å²) in [5.74, 6) is 1.63. The van der Waals surface area contributed by atoms with Gasteiger partial charge in [-0.2, -0.15) is 5.10 Å². The average Bonchev–Trinajstić information content (AvgIpc) is 3.24. The summed E-state index contributed by atoms with van der Waals surface area (Å²) in [4.78, 5) is 14.8. The highest BCUT2D eigenvalue weighted by Gasteiger charge is 2.22. The summed E-state index contributed by atoms with van der Waals surface area (Å²) in [6.07, 6.45) is 3.09. The van der Waals surface area contributed by atoms with E-state index < -0.39 is 5.91 Å². The van der Waals surface area contributed by atoms with Gasteiger partial charge in [0.25, 0.3) is 5.91 Å². The van der Waals surface area contributed by atoms with Crippen LogP contribution in [0.3, 0.4) is 0 Å². The van der Waals surface area contributed by atoms with Gasteiger partial charge in [0.15, 0.2) is 5.82 Å². The molecule has 6 nitrogen and oxygen atoms in total. The van der Waals surface area contributed by atoms with E-state index in [1.165, 1.54) is 35.2 Å². The number of rotatable bonds is 8. The smallest absolute Gasteiger partial charge is 0.254 e. The van der Waals surface area contributed by atoms with E-state index in [9.17, 15) is 4.79 Å². The lowest BCUT2D eigenvalue weighted by atomic mass is 9.86. The van der Waals surface area contributed by atoms with Crippen molar-refractivity contribution in [2.24, 2.45) is 17.6 Å². The largest absolute Gasteiger partial charge is 0.372 e. The molecule has 0 atom stereocenters. The van der Waals surface area contributed by atoms with Gasteiger partial charge in [-0.1, -0.05) is 38.1 Å². The molecule has 1 aliphatic rings. The second kappa shape index (κ2) is 10.5. The number of carbonyl (C=O) groups excluding carboxylic acids is 1. The lowest BCUT2D eigenvalue weighted by Crippen LogP contribution is -2.35. The maximum absolute atomic E-state index is 12.3. The summed E-state index contributed by atoms with van der Waals surface area (Å²) in [6, 6.07) is 13.0. The van der Waals surface area contributed by atoms with Crippen molar-refractivity contribution in [1.82, 2.24) is 10.2 Å². The summed E-state index contributed by atoms with van der Waals surface area (Å²) >= 11 is 0. The summed E-state index contributed by atoms with van der Waals surface area (Å²) in [6.45, 7) is 13.8. The molecule has 1 aromatic heterocycles. The topological polar surface area (TPSA) is 87.0 Å². The number of aromatic nitrogens is 2. The summed E-state index contributed by atoms with van der Waals surface area (Å²) in [5, 5.41) is 10.7. The van der Waals surface area contributed by atoms with Crippen LogP contribution in [-0.2, 0) is 13.0 Å². The molecule has 1 aliphatic heterocycles. The van der Waals surface area contributed by atoms with E-state index in [2.05, 4.69) is 91.4 Å². The Bertz CT molecular complexity index is 1150. The molecule has 2 aromatic carbocycles. The number of amides is 1. The van der Waals surface area contributed by atoms with Gasteiger partial charge in [0, 0.05) is 31.7 Å². The van der Waals surface area contributed by atoms with Gasteiger partial charge in [-0.15, -0.1) is 0 Å². The van der Waals surface area contributed by atoms with Gasteiger partial charge in [-0.25, -0.2) is 0 Å². The van der Waals surface area contributed by atoms with Crippen LogP contribution in [0.15, 0.2) is 36.4 Å². The molecule has 0 bridgehead atoms. The quantitative estimate of drug-likeness (QED) is 0.403. The molecule has 0 aliphatic carbocycles. The fourth-order valence-corrected chi connectivity index (χ4v) is 5.17. The number of benzene rings is 2. The lowest BCUT2D eigenvalue weighted by Gasteiger charge is -2.35. The van der Waals surface area contributed by atoms with Gasteiger partial charge in [0.1, 0.15) is 5.56 Å². The fourth-order valence-electron chi connectivity index (χ4n) is 5.17. The average molecular weight is 474 g/mol. The van der Waals surface area contributed by atoms with E-state index in [-0.39, 0.29) is 0 Å². The first kappa shape index (κ1) is 24.8. The van der Waals surface area contributed by atoms with E-state index in [1.807, 2.05) is 0 Å². The number of H-pyrrole nitrogens is 1. The Hall–Kier alpha value is -3.28. The highest BCUT2D eigenvalue weighted by molar-refractivity contribution is 5.99. The number of hydrogen-bond donors (Lipinski definition) is 3. The first-order valence-corrected chi connectivity index (χ1v) is 12.7. The molecule has 0 unspecified atom stereocenters. The lowest BCUT2D eigenvalue weighted by molar-refractivity contribution is 0.100. The van der Waals surface area contributed by atoms with Crippen LogP contribution >= 0.6 is 0 Å². The molecule has 2 heterocycles. The monoisotopic (exact) mass is 473 g/mol. The van der Waals surface area contributed by atoms with Gasteiger partial charge in [-0.3, -0.25) is 9.89 Å². The fraction of sp³-hybridized carbons (Fsp3) is 0.448. The third-order valence-electron chi connectivity index (χ3n) is 7.70. The van der Waals surface area contributed by atoms with E-state index in [0.29, 0.717) is 24.3 Å². The summed E-state index contributed by atoms with van der Waals surface area (Å²) in [5.41, 5.74) is 14.3. The van der Waals surface area contributed by atoms with Gasteiger partial charge in [0.2, 0.25) is 0 Å². The van der Waals surface area contributed by atoms with Crippen molar-refractivity contribution in [3.63, 3.8) is 0 Å². The van der Waals surface area contributed by atoms with Crippen LogP contribution in [0, 0.1) is 32.6 Å². The number of aromatic amines is 1. The molecule has 0 radical (unpaired) electrons. The van der Waals surface area contributed by atoms with Gasteiger partial charge < -0.3 is 16.0 Å². The minimum Gasteiger partial charge on any atom is -0.372 e. The van der Waals surface area contributed by atoms with Crippen LogP contribution in [0.25, 0.3) is 0 Å². The van der Waals surface area contributed by atoms with Crippen molar-refractivity contribution in [2.75, 3.05) is 23.3 Å². The van der Waals surface area contributed by atoms with Crippen molar-refractivity contribution < 1.29 is 4.79 Å². The highest BCUT2D eigenvalue weighted by Crippen LogP contribution is 2.28. The van der Waals surface area contributed by atoms with Gasteiger partial charge in [-0.05, 0) is 85.4 Å². The van der Waals surface area contributed by atoms with E-state index in [4.69, 9.17) is 5.73 Å². The number of primary amides is 1. The van der Waals surface area contributed by atoms with Gasteiger partial charge >= 0.3 is 0 Å². The molecule has 1 amide bonds. The molecule has 1 saturated heterocycles. The maximum atomic E-state index is 12.3. The van der Waals surface area contributed by atoms with Crippen molar-refractivity contribution in [1.29, 1.82) is 0 Å². The highest BCUT2D eigenvalue weighted by atomic mass is 16.1. The minimum atomic E-state index is -0.475. The molecular weight excluding hydrogens is 434 g/mol. The standard InChI is InChI=1S/C29H39N5O/c1-18(2)24-10-12-34(13-11-24)25-8-6-22(7-9-25)16-26-27(28(30)35)29(33-32-26)31-17-23-14-19(3)21(5)20(4)15-23/h6-9,14-15,18,24H,10-13,16-17H2,1-5H3,(H2,30,35)(H2,31,32,33). The Morgan fingerprint density at radius 1 is 1.09 bits per heavy atom. The van der Waals surface area contributed by atoms with Crippen molar-refractivity contribution >= 4 is 17.4 Å². The molecule has 0 saturated carbocycles. The molecule has 4 N–H and O–H groups in total. The Kier molecular flexibility index (Phi) is 7.48. The zero-order valence-electron chi connectivity index (χ0n) is 21.7. The number of nitrogens with zero attached hydrogens (tertiary/aromatic N) is 2. The number of nitrogens with one attached hydrogen (secondary N) is 2. The van der Waals surface area contributed by atoms with Crippen LogP contribution in [0.4, 0.5) is 11.5 Å². The van der Waals surface area contributed by atoms with Crippen molar-refractivity contribution in [3.8, 4) is 0 Å². The van der Waals surface area contributed by atoms with Crippen LogP contribution in [0.2, 0.25) is 0 Å². The third kappa shape index (κ3) is 5.69. The number of nitrogens with two attached hydrogens (primary N) is 1. The van der Waals surface area contributed by atoms with Gasteiger partial charge in [0.05, 0.1) is 5.69 Å². The molecule has 35 heavy (non-hydrogen) atoms. The first-order chi connectivity index (χ1) is 16.7. The zero-order valence-corrected chi connectivity index (χ0v) is 21.7. The second-order valence-corrected chi connectivity index (χ2v) is 10.4. The van der Waals surface area contributed by atoms with Crippen LogP contribution < -0.4 is 16.0 Å². The third-order valence-corrected chi connectivity index (χ3v) is 7.70. The number of piperidine rings is 1. The van der Waals surface area contributed by atoms with Crippen LogP contribution in [-0.4, -0.2) is 29.2 Å². The predicted molar refractivity (Wildman–Crippen MR) is 144 cm³/mol. The van der Waals surface area contributed by atoms with Crippen LogP contribution in [0.5, 0.6) is 0 Å². The Morgan fingerprint density at radius 2 is 1.71 bits per heavy atom. The molecule has 6 heteroatoms. The number of hydrogen-bond acceptors (Lipinski definition) is 4. The molecular formula is C29H39N5O. The zero-order chi connectivity index (χ0) is 25.1. The SMILES string of the molecule is Cc1cc(CNc2n[nH]c(Cc3ccc(N4CCC(C(C)C)CC4)cc3)c2C(N)=O)cc(C)c1C. The van der Waals surface area contributed by atoms with E-state index in [1.54, 1.807) is 0 Å². The summed E-state index contributed by atoms with van der Waals surface area (Å²) < 4.78 is 0. The Morgan fingerprint density at radius 3 is 2.29 bits per heavy atom. The molecule has 4 rings (SSSR count). The maximum Gasteiger partial charge on any atom is 0.254 e. The molecule has 0 spiro atoms. The van der Waals surface area contributed by atoms with Crippen molar-refractivity contribution in [2.45, 2.75) is 60.4 Å². The first-order valence-electron chi connectivity index (χ1n) is 12.7. The number of carbonyl (C=O) groups is 1. The van der Waals surface area contributed by atoms with Crippen LogP contribution in [0.1, 0.15) is 70.6 Å². The molecule has 1 fully saturated rings. The number of aryl methyl sites for hydroxylation is 2. The Labute approximate surface area is 209 Å². The van der Waals surface area contributed by atoms with E-state index >= 15 is 0 Å². The predicted octanol–water partition coefficient (Wildman–Crippen LogP) is 5.51. The molecule has 186 valence electrons. The summed E-state index contributed by atoms with van der Waals surface area (Å²) in [7, 11) is 0. The number of anilines is 2. The molecule has 3 aromatic rings. The second-order valence-electron chi connectivity index (χ2n) is 10.4. The minimum absolute atomic E-state index is 0.436. The normalized spacial score (nSPS) is 14.5. The van der Waals surface area contributed by atoms with Crippen molar-refractivity contribution in [3.05, 3.63) is 75.5 Å². The Balaban J connectivity index is 1.43.